The number of aliphatic hydroxyl groups is 1. The van der Waals surface area contributed by atoms with Crippen molar-refractivity contribution in [2.75, 3.05) is 25.0 Å². The first-order valence-electron chi connectivity index (χ1n) is 14.8. The zero-order valence-electron chi connectivity index (χ0n) is 26.2. The Morgan fingerprint density at radius 2 is 1.69 bits per heavy atom. The number of ether oxygens (including phenoxy) is 3. The van der Waals surface area contributed by atoms with Gasteiger partial charge in [-0.05, 0) is 23.8 Å². The fourth-order valence-electron chi connectivity index (χ4n) is 3.92. The number of hydrogen-bond acceptors (Lipinski definition) is 10. The average Bonchev–Trinajstić information content (AvgIpc) is 3.33. The second-order valence-corrected chi connectivity index (χ2v) is 9.16. The summed E-state index contributed by atoms with van der Waals surface area (Å²) in [5.41, 5.74) is 0.826. The number of nitrogens with zero attached hydrogens (tertiary/aromatic N) is 1. The van der Waals surface area contributed by atoms with Gasteiger partial charge in [-0.15, -0.1) is 0 Å². The fraction of sp³-hybridized carbons (Fsp3) is 0.484. The molecule has 1 aromatic rings. The number of benzene rings is 1. The maximum absolute atomic E-state index is 12.7. The van der Waals surface area contributed by atoms with Crippen molar-refractivity contribution in [3.05, 3.63) is 42.0 Å². The highest BCUT2D eigenvalue weighted by Crippen LogP contribution is 2.31. The van der Waals surface area contributed by atoms with E-state index in [1.165, 1.54) is 13.0 Å². The zero-order valence-corrected chi connectivity index (χ0v) is 26.2. The van der Waals surface area contributed by atoms with Crippen molar-refractivity contribution in [3.8, 4) is 5.75 Å². The van der Waals surface area contributed by atoms with E-state index in [1.54, 1.807) is 24.3 Å². The number of carboxylic acid groups (broad SMARTS) is 1. The van der Waals surface area contributed by atoms with Crippen LogP contribution in [0.25, 0.3) is 6.08 Å². The van der Waals surface area contributed by atoms with Crippen LogP contribution in [0.1, 0.15) is 65.9 Å². The summed E-state index contributed by atoms with van der Waals surface area (Å²) in [6.45, 7) is 9.21. The molecule has 0 spiro atoms. The third-order valence-electron chi connectivity index (χ3n) is 5.91. The van der Waals surface area contributed by atoms with Gasteiger partial charge in [0.05, 0.1) is 11.8 Å². The minimum Gasteiger partial charge on any atom is -0.479 e. The van der Waals surface area contributed by atoms with Gasteiger partial charge in [0.1, 0.15) is 12.4 Å². The molecule has 2 heterocycles. The number of nitrogens with one attached hydrogen (secondary N) is 2. The lowest BCUT2D eigenvalue weighted by molar-refractivity contribution is -0.195. The molecule has 14 heteroatoms. The standard InChI is InChI=1S/C27H31N3O11.2C2H6/c1-16(31)39-12-2-3-17-4-5-20(40-26-15-18(32)14-21(41-26)27(37)38)19(13-17)29-23(34)8-10-28-22(33)9-11-30-24(35)6-7-25(30)36;2*1-2/h2-7,13,18,21,26,32H,8-12,14-15H2,1H3,(H,28,33)(H,29,34)(H,37,38);2*1-2H3/b3-2+;;. The van der Waals surface area contributed by atoms with Crippen LogP contribution >= 0.6 is 0 Å². The molecule has 0 radical (unpaired) electrons. The van der Waals surface area contributed by atoms with Gasteiger partial charge in [-0.2, -0.15) is 0 Å². The summed E-state index contributed by atoms with van der Waals surface area (Å²) in [5, 5.41) is 24.6. The normalized spacial score (nSPS) is 18.7. The number of aliphatic carboxylic acids is 1. The molecule has 3 atom stereocenters. The number of imide groups is 1. The highest BCUT2D eigenvalue weighted by Gasteiger charge is 2.34. The third-order valence-corrected chi connectivity index (χ3v) is 5.91. The Morgan fingerprint density at radius 3 is 2.31 bits per heavy atom. The van der Waals surface area contributed by atoms with E-state index in [9.17, 15) is 39.0 Å². The predicted octanol–water partition coefficient (Wildman–Crippen LogP) is 2.40. The smallest absolute Gasteiger partial charge is 0.333 e. The first kappa shape index (κ1) is 38.5. The molecule has 0 aliphatic carbocycles. The molecule has 3 rings (SSSR count). The maximum Gasteiger partial charge on any atom is 0.333 e. The molecule has 0 aromatic heterocycles. The molecule has 45 heavy (non-hydrogen) atoms. The maximum atomic E-state index is 12.7. The van der Waals surface area contributed by atoms with Gasteiger partial charge in [-0.1, -0.05) is 39.8 Å². The molecule has 14 nitrogen and oxygen atoms in total. The SMILES string of the molecule is CC.CC.CC(=O)OC/C=C/c1ccc(OC2CC(O)CC(C(=O)O)O2)c(NC(=O)CCNC(=O)CCN2C(=O)C=CC2=O)c1. The molecule has 3 unspecified atom stereocenters. The highest BCUT2D eigenvalue weighted by molar-refractivity contribution is 6.13. The van der Waals surface area contributed by atoms with Crippen molar-refractivity contribution in [1.29, 1.82) is 0 Å². The summed E-state index contributed by atoms with van der Waals surface area (Å²) < 4.78 is 16.1. The van der Waals surface area contributed by atoms with Gasteiger partial charge in [0.2, 0.25) is 18.1 Å². The third kappa shape index (κ3) is 13.7. The van der Waals surface area contributed by atoms with Crippen LogP contribution in [-0.2, 0) is 38.2 Å². The van der Waals surface area contributed by atoms with E-state index in [4.69, 9.17) is 14.2 Å². The Morgan fingerprint density at radius 1 is 1.02 bits per heavy atom. The van der Waals surface area contributed by atoms with Crippen molar-refractivity contribution in [3.63, 3.8) is 0 Å². The van der Waals surface area contributed by atoms with E-state index >= 15 is 0 Å². The summed E-state index contributed by atoms with van der Waals surface area (Å²) >= 11 is 0. The molecule has 4 amide bonds. The molecular weight excluding hydrogens is 590 g/mol. The lowest BCUT2D eigenvalue weighted by Gasteiger charge is -2.31. The molecular formula is C31H43N3O11. The van der Waals surface area contributed by atoms with Gasteiger partial charge < -0.3 is 35.1 Å². The van der Waals surface area contributed by atoms with Crippen LogP contribution in [0.3, 0.4) is 0 Å². The number of amides is 4. The van der Waals surface area contributed by atoms with Crippen LogP contribution in [0.5, 0.6) is 5.75 Å². The summed E-state index contributed by atoms with van der Waals surface area (Å²) in [5.74, 6) is -3.45. The number of anilines is 1. The Labute approximate surface area is 262 Å². The van der Waals surface area contributed by atoms with Gasteiger partial charge in [0.25, 0.3) is 11.8 Å². The second-order valence-electron chi connectivity index (χ2n) is 9.16. The quantitative estimate of drug-likeness (QED) is 0.184. The molecule has 248 valence electrons. The Kier molecular flexibility index (Phi) is 17.4. The molecule has 1 aromatic carbocycles. The summed E-state index contributed by atoms with van der Waals surface area (Å²) in [6, 6.07) is 4.75. The Hall–Kier alpha value is -4.56. The van der Waals surface area contributed by atoms with Crippen LogP contribution in [0.15, 0.2) is 36.4 Å². The lowest BCUT2D eigenvalue weighted by atomic mass is 10.1. The van der Waals surface area contributed by atoms with Crippen LogP contribution in [0.4, 0.5) is 5.69 Å². The average molecular weight is 634 g/mol. The van der Waals surface area contributed by atoms with Crippen molar-refractivity contribution in [2.24, 2.45) is 0 Å². The summed E-state index contributed by atoms with van der Waals surface area (Å²) in [7, 11) is 0. The van der Waals surface area contributed by atoms with Gasteiger partial charge in [0, 0.05) is 57.8 Å². The van der Waals surface area contributed by atoms with Crippen LogP contribution in [-0.4, -0.2) is 88.9 Å². The van der Waals surface area contributed by atoms with Crippen molar-refractivity contribution < 1.29 is 53.2 Å². The monoisotopic (exact) mass is 633 g/mol. The molecule has 4 N–H and O–H groups in total. The number of hydrogen-bond donors (Lipinski definition) is 4. The topological polar surface area (TPSA) is 198 Å². The van der Waals surface area contributed by atoms with E-state index in [1.807, 2.05) is 27.7 Å². The van der Waals surface area contributed by atoms with E-state index in [-0.39, 0.29) is 56.8 Å². The molecule has 0 saturated carbocycles. The first-order valence-corrected chi connectivity index (χ1v) is 14.8. The lowest BCUT2D eigenvalue weighted by Crippen LogP contribution is -2.42. The number of rotatable bonds is 13. The zero-order chi connectivity index (χ0) is 33.9. The number of carbonyl (C=O) groups excluding carboxylic acids is 5. The Balaban J connectivity index is 0.00000243. The second kappa shape index (κ2) is 20.4. The molecule has 2 aliphatic heterocycles. The Bertz CT molecular complexity index is 1230. The van der Waals surface area contributed by atoms with E-state index in [0.717, 1.165) is 17.1 Å². The van der Waals surface area contributed by atoms with Gasteiger partial charge in [-0.3, -0.25) is 28.9 Å². The van der Waals surface area contributed by atoms with Crippen LogP contribution in [0, 0.1) is 0 Å². The van der Waals surface area contributed by atoms with E-state index in [2.05, 4.69) is 10.6 Å². The number of carboxylic acids is 1. The van der Waals surface area contributed by atoms with Gasteiger partial charge in [-0.25, -0.2) is 4.79 Å². The molecule has 1 fully saturated rings. The van der Waals surface area contributed by atoms with Gasteiger partial charge >= 0.3 is 11.9 Å². The molecule has 0 bridgehead atoms. The van der Waals surface area contributed by atoms with Gasteiger partial charge in [0.15, 0.2) is 6.10 Å². The summed E-state index contributed by atoms with van der Waals surface area (Å²) in [4.78, 5) is 71.2. The molecule has 1 saturated heterocycles. The number of carbonyl (C=O) groups is 6. The van der Waals surface area contributed by atoms with Crippen molar-refractivity contribution in [2.45, 2.75) is 78.8 Å². The fourth-order valence-corrected chi connectivity index (χ4v) is 3.92. The first-order chi connectivity index (χ1) is 21.5. The van der Waals surface area contributed by atoms with E-state index < -0.39 is 54.1 Å². The van der Waals surface area contributed by atoms with E-state index in [0.29, 0.717) is 5.56 Å². The van der Waals surface area contributed by atoms with Crippen LogP contribution < -0.4 is 15.4 Å². The largest absolute Gasteiger partial charge is 0.479 e. The highest BCUT2D eigenvalue weighted by atomic mass is 16.7. The predicted molar refractivity (Wildman–Crippen MR) is 164 cm³/mol. The number of esters is 1. The van der Waals surface area contributed by atoms with Crippen LogP contribution in [0.2, 0.25) is 0 Å². The summed E-state index contributed by atoms with van der Waals surface area (Å²) in [6.07, 6.45) is 1.86. The minimum absolute atomic E-state index is 0.0118. The molecule has 2 aliphatic rings. The van der Waals surface area contributed by atoms with Crippen molar-refractivity contribution in [1.82, 2.24) is 10.2 Å². The number of aliphatic hydroxyl groups excluding tert-OH is 1. The minimum atomic E-state index is -1.26. The van der Waals surface area contributed by atoms with Crippen molar-refractivity contribution >= 4 is 47.3 Å².